The predicted octanol–water partition coefficient (Wildman–Crippen LogP) is 5.94. The SMILES string of the molecule is Cc1ccccc1OCc1nc(-c2ccc(Oc3ccc(F)cc3)nc2)n(-c2nnc(-c3ccccc3)n2C)n1. The molecule has 0 saturated carbocycles. The predicted molar refractivity (Wildman–Crippen MR) is 147 cm³/mol. The molecule has 198 valence electrons. The Morgan fingerprint density at radius 2 is 1.57 bits per heavy atom. The van der Waals surface area contributed by atoms with Gasteiger partial charge < -0.3 is 9.47 Å². The summed E-state index contributed by atoms with van der Waals surface area (Å²) in [5, 5.41) is 13.6. The van der Waals surface area contributed by atoms with Crippen molar-refractivity contribution in [2.45, 2.75) is 13.5 Å². The highest BCUT2D eigenvalue weighted by Crippen LogP contribution is 2.26. The zero-order chi connectivity index (χ0) is 27.5. The van der Waals surface area contributed by atoms with Gasteiger partial charge in [0.15, 0.2) is 17.5 Å². The fourth-order valence-corrected chi connectivity index (χ4v) is 4.14. The van der Waals surface area contributed by atoms with Crippen LogP contribution in [0.5, 0.6) is 17.4 Å². The van der Waals surface area contributed by atoms with E-state index in [1.165, 1.54) is 12.1 Å². The zero-order valence-electron chi connectivity index (χ0n) is 21.8. The summed E-state index contributed by atoms with van der Waals surface area (Å²) in [6.45, 7) is 2.14. The molecule has 0 amide bonds. The van der Waals surface area contributed by atoms with Crippen LogP contribution in [-0.2, 0) is 13.7 Å². The quantitative estimate of drug-likeness (QED) is 0.239. The van der Waals surface area contributed by atoms with Crippen molar-refractivity contribution in [1.82, 2.24) is 34.5 Å². The summed E-state index contributed by atoms with van der Waals surface area (Å²) < 4.78 is 28.5. The molecule has 0 unspecified atom stereocenters. The summed E-state index contributed by atoms with van der Waals surface area (Å²) in [6, 6.07) is 26.9. The number of hydrogen-bond donors (Lipinski definition) is 0. The third-order valence-corrected chi connectivity index (χ3v) is 6.21. The molecule has 0 aliphatic heterocycles. The van der Waals surface area contributed by atoms with Gasteiger partial charge in [0.1, 0.15) is 23.9 Å². The highest BCUT2D eigenvalue weighted by molar-refractivity contribution is 5.59. The van der Waals surface area contributed by atoms with Crippen LogP contribution in [0.3, 0.4) is 0 Å². The second-order valence-corrected chi connectivity index (χ2v) is 9.01. The lowest BCUT2D eigenvalue weighted by molar-refractivity contribution is 0.294. The molecule has 0 bridgehead atoms. The standard InChI is InChI=1S/C30H24FN7O2/c1-20-8-6-7-11-25(20)39-19-26-33-28(22-12-17-27(32-18-22)40-24-15-13-23(31)14-16-24)38(36-26)30-35-34-29(37(30)2)21-9-4-3-5-10-21/h3-18H,19H2,1-2H3. The molecule has 0 saturated heterocycles. The summed E-state index contributed by atoms with van der Waals surface area (Å²) in [4.78, 5) is 9.20. The van der Waals surface area contributed by atoms with Crippen LogP contribution < -0.4 is 9.47 Å². The summed E-state index contributed by atoms with van der Waals surface area (Å²) in [6.07, 6.45) is 1.64. The molecule has 40 heavy (non-hydrogen) atoms. The van der Waals surface area contributed by atoms with Crippen LogP contribution in [0, 0.1) is 12.7 Å². The van der Waals surface area contributed by atoms with E-state index in [1.54, 1.807) is 29.1 Å². The summed E-state index contributed by atoms with van der Waals surface area (Å²) >= 11 is 0. The van der Waals surface area contributed by atoms with Gasteiger partial charge in [0.05, 0.1) is 0 Å². The Kier molecular flexibility index (Phi) is 6.72. The third-order valence-electron chi connectivity index (χ3n) is 6.21. The number of aromatic nitrogens is 7. The number of ether oxygens (including phenoxy) is 2. The van der Waals surface area contributed by atoms with Crippen molar-refractivity contribution in [2.24, 2.45) is 7.05 Å². The molecule has 0 aliphatic rings. The van der Waals surface area contributed by atoms with E-state index in [0.29, 0.717) is 40.6 Å². The number of hydrogen-bond acceptors (Lipinski definition) is 7. The number of nitrogens with zero attached hydrogens (tertiary/aromatic N) is 7. The fraction of sp³-hybridized carbons (Fsp3) is 0.100. The third kappa shape index (κ3) is 5.14. The van der Waals surface area contributed by atoms with Gasteiger partial charge >= 0.3 is 0 Å². The van der Waals surface area contributed by atoms with Crippen molar-refractivity contribution in [2.75, 3.05) is 0 Å². The van der Waals surface area contributed by atoms with E-state index in [2.05, 4.69) is 15.2 Å². The van der Waals surface area contributed by atoms with Gasteiger partial charge in [-0.05, 0) is 48.9 Å². The Hall–Kier alpha value is -5.38. The Balaban J connectivity index is 1.34. The number of pyridine rings is 1. The monoisotopic (exact) mass is 533 g/mol. The topological polar surface area (TPSA) is 92.8 Å². The molecule has 3 aromatic carbocycles. The molecule has 3 aromatic heterocycles. The van der Waals surface area contributed by atoms with Crippen molar-refractivity contribution < 1.29 is 13.9 Å². The normalized spacial score (nSPS) is 11.0. The molecule has 3 heterocycles. The first-order valence-corrected chi connectivity index (χ1v) is 12.5. The van der Waals surface area contributed by atoms with Crippen LogP contribution >= 0.6 is 0 Å². The van der Waals surface area contributed by atoms with Gasteiger partial charge in [-0.2, -0.15) is 4.68 Å². The molecule has 10 heteroatoms. The number of rotatable bonds is 8. The number of para-hydroxylation sites is 1. The van der Waals surface area contributed by atoms with Crippen LogP contribution in [0.15, 0.2) is 97.2 Å². The van der Waals surface area contributed by atoms with E-state index in [1.807, 2.05) is 79.2 Å². The molecular weight excluding hydrogens is 509 g/mol. The second-order valence-electron chi connectivity index (χ2n) is 9.01. The van der Waals surface area contributed by atoms with Gasteiger partial charge in [0, 0.05) is 30.4 Å². The van der Waals surface area contributed by atoms with E-state index in [0.717, 1.165) is 16.9 Å². The Labute approximate surface area is 229 Å². The maximum Gasteiger partial charge on any atom is 0.254 e. The van der Waals surface area contributed by atoms with Gasteiger partial charge in [-0.15, -0.1) is 15.3 Å². The van der Waals surface area contributed by atoms with Crippen LogP contribution in [-0.4, -0.2) is 34.5 Å². The molecule has 0 spiro atoms. The highest BCUT2D eigenvalue weighted by Gasteiger charge is 2.21. The smallest absolute Gasteiger partial charge is 0.254 e. The van der Waals surface area contributed by atoms with Crippen molar-refractivity contribution in [3.63, 3.8) is 0 Å². The first-order chi connectivity index (χ1) is 19.5. The maximum atomic E-state index is 13.2. The van der Waals surface area contributed by atoms with E-state index in [4.69, 9.17) is 19.6 Å². The van der Waals surface area contributed by atoms with Gasteiger partial charge in [0.25, 0.3) is 5.95 Å². The zero-order valence-corrected chi connectivity index (χ0v) is 21.8. The van der Waals surface area contributed by atoms with Crippen molar-refractivity contribution in [3.05, 3.63) is 114 Å². The lowest BCUT2D eigenvalue weighted by Gasteiger charge is -2.08. The molecule has 9 nitrogen and oxygen atoms in total. The first-order valence-electron chi connectivity index (χ1n) is 12.5. The summed E-state index contributed by atoms with van der Waals surface area (Å²) in [7, 11) is 1.88. The van der Waals surface area contributed by atoms with E-state index in [9.17, 15) is 4.39 Å². The molecule has 0 radical (unpaired) electrons. The van der Waals surface area contributed by atoms with Crippen molar-refractivity contribution in [1.29, 1.82) is 0 Å². The molecule has 0 atom stereocenters. The number of halogens is 1. The lowest BCUT2D eigenvalue weighted by Crippen LogP contribution is -2.08. The van der Waals surface area contributed by atoms with Crippen molar-refractivity contribution >= 4 is 0 Å². The molecular formula is C30H24FN7O2. The minimum Gasteiger partial charge on any atom is -0.485 e. The van der Waals surface area contributed by atoms with Gasteiger partial charge in [-0.1, -0.05) is 48.5 Å². The Morgan fingerprint density at radius 3 is 2.33 bits per heavy atom. The highest BCUT2D eigenvalue weighted by atomic mass is 19.1. The van der Waals surface area contributed by atoms with Crippen LogP contribution in [0.1, 0.15) is 11.4 Å². The molecule has 0 fully saturated rings. The Morgan fingerprint density at radius 1 is 0.800 bits per heavy atom. The summed E-state index contributed by atoms with van der Waals surface area (Å²) in [5.41, 5.74) is 2.63. The van der Waals surface area contributed by atoms with Crippen LogP contribution in [0.2, 0.25) is 0 Å². The van der Waals surface area contributed by atoms with E-state index >= 15 is 0 Å². The van der Waals surface area contributed by atoms with E-state index in [-0.39, 0.29) is 12.4 Å². The molecule has 0 N–H and O–H groups in total. The van der Waals surface area contributed by atoms with Crippen LogP contribution in [0.25, 0.3) is 28.7 Å². The second kappa shape index (κ2) is 10.8. The molecule has 6 rings (SSSR count). The van der Waals surface area contributed by atoms with Gasteiger partial charge in [-0.25, -0.2) is 14.4 Å². The van der Waals surface area contributed by atoms with E-state index < -0.39 is 0 Å². The van der Waals surface area contributed by atoms with Gasteiger partial charge in [0.2, 0.25) is 5.88 Å². The minimum absolute atomic E-state index is 0.160. The van der Waals surface area contributed by atoms with Crippen LogP contribution in [0.4, 0.5) is 4.39 Å². The molecule has 6 aromatic rings. The number of benzene rings is 3. The largest absolute Gasteiger partial charge is 0.485 e. The maximum absolute atomic E-state index is 13.2. The summed E-state index contributed by atoms with van der Waals surface area (Å²) in [5.74, 6) is 3.41. The minimum atomic E-state index is -0.337. The Bertz CT molecular complexity index is 1750. The average Bonchev–Trinajstić information content (AvgIpc) is 3.58. The number of aryl methyl sites for hydroxylation is 1. The average molecular weight is 534 g/mol. The van der Waals surface area contributed by atoms with Gasteiger partial charge in [-0.3, -0.25) is 4.57 Å². The lowest BCUT2D eigenvalue weighted by atomic mass is 10.2. The molecule has 0 aliphatic carbocycles. The first kappa shape index (κ1) is 24.9. The fourth-order valence-electron chi connectivity index (χ4n) is 4.14. The van der Waals surface area contributed by atoms with Crippen molar-refractivity contribution in [3.8, 4) is 46.1 Å².